The van der Waals surface area contributed by atoms with Crippen molar-refractivity contribution in [3.63, 3.8) is 0 Å². The minimum absolute atomic E-state index is 0. The molecule has 0 bridgehead atoms. The molecule has 2 heteroatoms. The van der Waals surface area contributed by atoms with Crippen LogP contribution in [0.1, 0.15) is 24.8 Å². The van der Waals surface area contributed by atoms with Crippen LogP contribution in [0.3, 0.4) is 0 Å². The van der Waals surface area contributed by atoms with Crippen molar-refractivity contribution >= 4 is 12.4 Å². The van der Waals surface area contributed by atoms with Gasteiger partial charge in [-0.2, -0.15) is 0 Å². The van der Waals surface area contributed by atoms with E-state index in [1.54, 1.807) is 0 Å². The highest BCUT2D eigenvalue weighted by molar-refractivity contribution is 5.85. The van der Waals surface area contributed by atoms with E-state index < -0.39 is 0 Å². The van der Waals surface area contributed by atoms with Crippen LogP contribution in [0, 0.1) is 0 Å². The molecule has 1 fully saturated rings. The third-order valence-corrected chi connectivity index (χ3v) is 2.54. The van der Waals surface area contributed by atoms with Gasteiger partial charge in [-0.15, -0.1) is 12.4 Å². The van der Waals surface area contributed by atoms with Crippen LogP contribution >= 0.6 is 12.4 Å². The Hall–Kier alpha value is -0.530. The molecule has 1 aliphatic rings. The lowest BCUT2D eigenvalue weighted by Gasteiger charge is -2.26. The lowest BCUT2D eigenvalue weighted by atomic mass is 9.93. The number of benzene rings is 1. The average Bonchev–Trinajstić information content (AvgIpc) is 2.04. The molecule has 2 rings (SSSR count). The molecule has 0 aliphatic heterocycles. The topological polar surface area (TPSA) is 12.0 Å². The number of hydrogen-bond donors (Lipinski definition) is 1. The average molecular weight is 198 g/mol. The lowest BCUT2D eigenvalue weighted by Crippen LogP contribution is -2.34. The maximum absolute atomic E-state index is 3.54. The minimum Gasteiger partial charge on any atom is -0.310 e. The van der Waals surface area contributed by atoms with Gasteiger partial charge in [0.25, 0.3) is 0 Å². The quantitative estimate of drug-likeness (QED) is 0.786. The van der Waals surface area contributed by atoms with Crippen LogP contribution in [0.4, 0.5) is 0 Å². The van der Waals surface area contributed by atoms with Gasteiger partial charge < -0.3 is 5.32 Å². The summed E-state index contributed by atoms with van der Waals surface area (Å²) in [5, 5.41) is 3.54. The molecule has 1 aromatic rings. The molecular formula is C11H16ClN. The number of hydrogen-bond acceptors (Lipinski definition) is 1. The molecule has 0 radical (unpaired) electrons. The summed E-state index contributed by atoms with van der Waals surface area (Å²) in [6.07, 6.45) is 4.14. The van der Waals surface area contributed by atoms with Gasteiger partial charge in [-0.25, -0.2) is 0 Å². The van der Waals surface area contributed by atoms with Gasteiger partial charge in [0.1, 0.15) is 0 Å². The summed E-state index contributed by atoms with van der Waals surface area (Å²) in [5.41, 5.74) is 1.39. The molecule has 13 heavy (non-hydrogen) atoms. The molecule has 0 saturated heterocycles. The van der Waals surface area contributed by atoms with E-state index in [1.807, 2.05) is 0 Å². The molecule has 1 nitrogen and oxygen atoms in total. The van der Waals surface area contributed by atoms with E-state index in [2.05, 4.69) is 35.6 Å². The van der Waals surface area contributed by atoms with E-state index in [9.17, 15) is 0 Å². The van der Waals surface area contributed by atoms with Crippen LogP contribution in [0.2, 0.25) is 0 Å². The molecule has 0 spiro atoms. The van der Waals surface area contributed by atoms with E-state index in [4.69, 9.17) is 0 Å². The minimum atomic E-state index is 0. The van der Waals surface area contributed by atoms with E-state index in [0.717, 1.165) is 12.6 Å². The van der Waals surface area contributed by atoms with Crippen LogP contribution in [0.5, 0.6) is 0 Å². The largest absolute Gasteiger partial charge is 0.310 e. The van der Waals surface area contributed by atoms with Gasteiger partial charge in [0.2, 0.25) is 0 Å². The van der Waals surface area contributed by atoms with Gasteiger partial charge in [0, 0.05) is 12.6 Å². The van der Waals surface area contributed by atoms with E-state index in [-0.39, 0.29) is 12.4 Å². The van der Waals surface area contributed by atoms with Crippen LogP contribution < -0.4 is 5.32 Å². The number of nitrogens with one attached hydrogen (secondary N) is 1. The third-order valence-electron chi connectivity index (χ3n) is 2.54. The van der Waals surface area contributed by atoms with Gasteiger partial charge in [0.15, 0.2) is 0 Å². The maximum Gasteiger partial charge on any atom is 0.0208 e. The highest BCUT2D eigenvalue weighted by Gasteiger charge is 2.15. The molecule has 72 valence electrons. The SMILES string of the molecule is Cl.c1ccc(CNC2CCC2)cc1. The van der Waals surface area contributed by atoms with Crippen molar-refractivity contribution in [2.75, 3.05) is 0 Å². The second kappa shape index (κ2) is 5.25. The third kappa shape index (κ3) is 3.02. The Morgan fingerprint density at radius 3 is 2.38 bits per heavy atom. The van der Waals surface area contributed by atoms with Gasteiger partial charge >= 0.3 is 0 Å². The summed E-state index contributed by atoms with van der Waals surface area (Å²) < 4.78 is 0. The molecular weight excluding hydrogens is 182 g/mol. The zero-order valence-electron chi connectivity index (χ0n) is 7.70. The molecule has 1 N–H and O–H groups in total. The summed E-state index contributed by atoms with van der Waals surface area (Å²) in [7, 11) is 0. The number of rotatable bonds is 3. The summed E-state index contributed by atoms with van der Waals surface area (Å²) >= 11 is 0. The Morgan fingerprint density at radius 1 is 1.15 bits per heavy atom. The molecule has 1 saturated carbocycles. The smallest absolute Gasteiger partial charge is 0.0208 e. The standard InChI is InChI=1S/C11H15N.ClH/c1-2-5-10(6-3-1)9-12-11-7-4-8-11;/h1-3,5-6,11-12H,4,7-9H2;1H. The van der Waals surface area contributed by atoms with Gasteiger partial charge in [0.05, 0.1) is 0 Å². The van der Waals surface area contributed by atoms with Crippen molar-refractivity contribution in [2.24, 2.45) is 0 Å². The Morgan fingerprint density at radius 2 is 1.85 bits per heavy atom. The first-order valence-corrected chi connectivity index (χ1v) is 4.72. The predicted octanol–water partition coefficient (Wildman–Crippen LogP) is 2.75. The van der Waals surface area contributed by atoms with Crippen molar-refractivity contribution < 1.29 is 0 Å². The summed E-state index contributed by atoms with van der Waals surface area (Å²) in [5.74, 6) is 0. The fourth-order valence-corrected chi connectivity index (χ4v) is 1.47. The first-order valence-electron chi connectivity index (χ1n) is 4.72. The van der Waals surface area contributed by atoms with Crippen molar-refractivity contribution in [3.05, 3.63) is 35.9 Å². The Bertz CT molecular complexity index is 231. The van der Waals surface area contributed by atoms with Crippen molar-refractivity contribution in [2.45, 2.75) is 31.8 Å². The zero-order valence-corrected chi connectivity index (χ0v) is 8.52. The second-order valence-corrected chi connectivity index (χ2v) is 3.49. The van der Waals surface area contributed by atoms with Gasteiger partial charge in [-0.1, -0.05) is 36.8 Å². The van der Waals surface area contributed by atoms with E-state index in [0.29, 0.717) is 0 Å². The highest BCUT2D eigenvalue weighted by atomic mass is 35.5. The van der Waals surface area contributed by atoms with E-state index in [1.165, 1.54) is 24.8 Å². The molecule has 0 unspecified atom stereocenters. The Kier molecular flexibility index (Phi) is 4.26. The predicted molar refractivity (Wildman–Crippen MR) is 58.2 cm³/mol. The van der Waals surface area contributed by atoms with E-state index >= 15 is 0 Å². The fourth-order valence-electron chi connectivity index (χ4n) is 1.47. The highest BCUT2D eigenvalue weighted by Crippen LogP contribution is 2.18. The van der Waals surface area contributed by atoms with Crippen LogP contribution in [0.15, 0.2) is 30.3 Å². The maximum atomic E-state index is 3.54. The molecule has 0 amide bonds. The Balaban J connectivity index is 0.000000845. The molecule has 0 heterocycles. The first-order chi connectivity index (χ1) is 5.95. The zero-order chi connectivity index (χ0) is 8.23. The lowest BCUT2D eigenvalue weighted by molar-refractivity contribution is 0.338. The van der Waals surface area contributed by atoms with Crippen molar-refractivity contribution in [1.29, 1.82) is 0 Å². The van der Waals surface area contributed by atoms with Crippen LogP contribution in [-0.2, 0) is 6.54 Å². The number of halogens is 1. The molecule has 1 aromatic carbocycles. The molecule has 0 atom stereocenters. The normalized spacial score (nSPS) is 16.0. The Labute approximate surface area is 86.0 Å². The van der Waals surface area contributed by atoms with Gasteiger partial charge in [-0.05, 0) is 18.4 Å². The van der Waals surface area contributed by atoms with Crippen LogP contribution in [0.25, 0.3) is 0 Å². The van der Waals surface area contributed by atoms with Gasteiger partial charge in [-0.3, -0.25) is 0 Å². The second-order valence-electron chi connectivity index (χ2n) is 3.49. The first kappa shape index (κ1) is 10.6. The molecule has 0 aromatic heterocycles. The van der Waals surface area contributed by atoms with Crippen molar-refractivity contribution in [3.8, 4) is 0 Å². The van der Waals surface area contributed by atoms with Crippen LogP contribution in [-0.4, -0.2) is 6.04 Å². The summed E-state index contributed by atoms with van der Waals surface area (Å²) in [6.45, 7) is 1.03. The van der Waals surface area contributed by atoms with Crippen molar-refractivity contribution in [1.82, 2.24) is 5.32 Å². The monoisotopic (exact) mass is 197 g/mol. The summed E-state index contributed by atoms with van der Waals surface area (Å²) in [6, 6.07) is 11.4. The molecule has 1 aliphatic carbocycles. The fraction of sp³-hybridized carbons (Fsp3) is 0.455. The summed E-state index contributed by atoms with van der Waals surface area (Å²) in [4.78, 5) is 0.